The second-order valence-corrected chi connectivity index (χ2v) is 11.1. The van der Waals surface area contributed by atoms with Gasteiger partial charge >= 0.3 is 0 Å². The van der Waals surface area contributed by atoms with Crippen LogP contribution < -0.4 is 26.8 Å². The minimum atomic E-state index is -0.304. The Morgan fingerprint density at radius 2 is 2.00 bits per heavy atom. The second kappa shape index (κ2) is 8.62. The molecule has 4 unspecified atom stereocenters. The van der Waals surface area contributed by atoms with Crippen LogP contribution in [0.5, 0.6) is 0 Å². The normalized spacial score (nSPS) is 36.4. The molecular weight excluding hydrogens is 440 g/mol. The van der Waals surface area contributed by atoms with E-state index in [1.807, 2.05) is 37.0 Å². The Morgan fingerprint density at radius 3 is 2.64 bits per heavy atom. The van der Waals surface area contributed by atoms with Gasteiger partial charge < -0.3 is 15.5 Å². The largest absolute Gasteiger partial charge is 0.362 e. The first-order chi connectivity index (χ1) is 15.7. The summed E-state index contributed by atoms with van der Waals surface area (Å²) in [5, 5.41) is 4.25. The van der Waals surface area contributed by atoms with E-state index < -0.39 is 0 Å². The van der Waals surface area contributed by atoms with Crippen LogP contribution in [-0.2, 0) is 4.79 Å². The Labute approximate surface area is 201 Å². The van der Waals surface area contributed by atoms with Crippen LogP contribution in [-0.4, -0.2) is 73.4 Å². The Hall–Kier alpha value is -1.49. The molecule has 0 radical (unpaired) electrons. The standard InChI is InChI=1S/C23H37ClN8O/c1-13-11-15(25)23(12-13)6-9-32(10-7-23)22-27-19-16(21(33)31(22)4)18(28-29-19)14-5-8-26-20(17(14)24)30(2)3/h5,8,13,15-16,18-19,22,27-29H,6-7,9-12,25H2,1-4H3/t13-,15+,16?,18?,19?,22?/m0/s1. The summed E-state index contributed by atoms with van der Waals surface area (Å²) >= 11 is 6.70. The zero-order chi connectivity index (χ0) is 23.5. The van der Waals surface area contributed by atoms with Crippen LogP contribution >= 0.6 is 11.6 Å². The highest BCUT2D eigenvalue weighted by atomic mass is 35.5. The quantitative estimate of drug-likeness (QED) is 0.514. The number of nitrogens with one attached hydrogen (secondary N) is 3. The molecule has 1 amide bonds. The van der Waals surface area contributed by atoms with E-state index in [0.29, 0.717) is 22.8 Å². The highest BCUT2D eigenvalue weighted by molar-refractivity contribution is 6.33. The lowest BCUT2D eigenvalue weighted by atomic mass is 9.74. The fourth-order valence-corrected chi connectivity index (χ4v) is 7.03. The van der Waals surface area contributed by atoms with Gasteiger partial charge in [0.15, 0.2) is 0 Å². The van der Waals surface area contributed by atoms with Crippen molar-refractivity contribution in [1.82, 2.24) is 31.0 Å². The zero-order valence-electron chi connectivity index (χ0n) is 20.0. The van der Waals surface area contributed by atoms with Crippen LogP contribution in [0.1, 0.15) is 44.2 Å². The van der Waals surface area contributed by atoms with Gasteiger partial charge in [-0.25, -0.2) is 15.8 Å². The number of hydrogen-bond acceptors (Lipinski definition) is 8. The van der Waals surface area contributed by atoms with Crippen molar-refractivity contribution >= 4 is 23.3 Å². The number of hydrogen-bond donors (Lipinski definition) is 4. The smallest absolute Gasteiger partial charge is 0.232 e. The van der Waals surface area contributed by atoms with Crippen molar-refractivity contribution in [3.63, 3.8) is 0 Å². The summed E-state index contributed by atoms with van der Waals surface area (Å²) < 4.78 is 0. The summed E-state index contributed by atoms with van der Waals surface area (Å²) in [5.74, 6) is 1.21. The lowest BCUT2D eigenvalue weighted by Gasteiger charge is -2.50. The van der Waals surface area contributed by atoms with E-state index in [9.17, 15) is 4.79 Å². The molecule has 6 atom stereocenters. The molecule has 4 aliphatic rings. The van der Waals surface area contributed by atoms with E-state index in [1.165, 1.54) is 6.42 Å². The Kier molecular flexibility index (Phi) is 6.08. The number of piperidine rings is 1. The van der Waals surface area contributed by atoms with E-state index in [2.05, 4.69) is 33.0 Å². The Bertz CT molecular complexity index is 904. The van der Waals surface area contributed by atoms with Crippen LogP contribution in [0.4, 0.5) is 5.82 Å². The molecule has 1 saturated carbocycles. The summed E-state index contributed by atoms with van der Waals surface area (Å²) in [6.45, 7) is 4.22. The minimum Gasteiger partial charge on any atom is -0.362 e. The molecule has 182 valence electrons. The molecule has 4 fully saturated rings. The fourth-order valence-electron chi connectivity index (χ4n) is 6.63. The van der Waals surface area contributed by atoms with Crippen LogP contribution in [0.15, 0.2) is 12.3 Å². The average molecular weight is 477 g/mol. The fraction of sp³-hybridized carbons (Fsp3) is 0.739. The van der Waals surface area contributed by atoms with E-state index >= 15 is 0 Å². The number of rotatable bonds is 3. The van der Waals surface area contributed by atoms with E-state index in [-0.39, 0.29) is 35.7 Å². The predicted molar refractivity (Wildman–Crippen MR) is 129 cm³/mol. The molecule has 1 aromatic rings. The molecule has 1 aliphatic carbocycles. The molecule has 4 heterocycles. The molecule has 9 nitrogen and oxygen atoms in total. The highest BCUT2D eigenvalue weighted by Gasteiger charge is 2.52. The van der Waals surface area contributed by atoms with Crippen molar-refractivity contribution in [3.05, 3.63) is 22.8 Å². The topological polar surface area (TPSA) is 102 Å². The maximum atomic E-state index is 13.6. The zero-order valence-corrected chi connectivity index (χ0v) is 20.8. The summed E-state index contributed by atoms with van der Waals surface area (Å²) in [6.07, 6.45) is 5.99. The van der Waals surface area contributed by atoms with Gasteiger partial charge in [-0.1, -0.05) is 18.5 Å². The number of halogens is 1. The van der Waals surface area contributed by atoms with Crippen molar-refractivity contribution in [1.29, 1.82) is 0 Å². The van der Waals surface area contributed by atoms with Gasteiger partial charge in [-0.15, -0.1) is 0 Å². The van der Waals surface area contributed by atoms with Crippen molar-refractivity contribution in [2.75, 3.05) is 39.1 Å². The third-order valence-electron chi connectivity index (χ3n) is 8.44. The SMILES string of the molecule is C[C@H]1C[C@@H](N)C2(CCN(C3NC4NNC(c5ccnc(N(C)C)c5Cl)C4C(=O)N3C)CC2)C1. The maximum Gasteiger partial charge on any atom is 0.232 e. The molecule has 0 bridgehead atoms. The van der Waals surface area contributed by atoms with Gasteiger partial charge in [-0.05, 0) is 48.6 Å². The number of carbonyl (C=O) groups excluding carboxylic acids is 1. The molecule has 1 aromatic heterocycles. The first-order valence-electron chi connectivity index (χ1n) is 12.1. The number of carbonyl (C=O) groups is 1. The molecule has 5 rings (SSSR count). The first kappa shape index (κ1) is 23.3. The van der Waals surface area contributed by atoms with Crippen molar-refractivity contribution < 1.29 is 4.79 Å². The summed E-state index contributed by atoms with van der Waals surface area (Å²) in [6, 6.07) is 1.96. The van der Waals surface area contributed by atoms with Gasteiger partial charge in [0.2, 0.25) is 5.91 Å². The second-order valence-electron chi connectivity index (χ2n) is 10.7. The lowest BCUT2D eigenvalue weighted by molar-refractivity contribution is -0.151. The van der Waals surface area contributed by atoms with Gasteiger partial charge in [0.1, 0.15) is 12.1 Å². The molecular formula is C23H37ClN8O. The summed E-state index contributed by atoms with van der Waals surface area (Å²) in [7, 11) is 5.72. The van der Waals surface area contributed by atoms with E-state index in [4.69, 9.17) is 17.3 Å². The molecule has 33 heavy (non-hydrogen) atoms. The number of likely N-dealkylation sites (tertiary alicyclic amines) is 1. The van der Waals surface area contributed by atoms with Crippen molar-refractivity contribution in [2.24, 2.45) is 23.0 Å². The summed E-state index contributed by atoms with van der Waals surface area (Å²) in [4.78, 5) is 24.1. The van der Waals surface area contributed by atoms with Crippen LogP contribution in [0, 0.1) is 17.3 Å². The highest BCUT2D eigenvalue weighted by Crippen LogP contribution is 2.48. The Balaban J connectivity index is 1.31. The average Bonchev–Trinajstić information content (AvgIpc) is 3.32. The number of nitrogens with zero attached hydrogens (tertiary/aromatic N) is 4. The first-order valence-corrected chi connectivity index (χ1v) is 12.4. The van der Waals surface area contributed by atoms with Gasteiger partial charge in [-0.2, -0.15) is 0 Å². The Morgan fingerprint density at radius 1 is 1.27 bits per heavy atom. The van der Waals surface area contributed by atoms with Crippen LogP contribution in [0.2, 0.25) is 5.02 Å². The monoisotopic (exact) mass is 476 g/mol. The number of anilines is 1. The van der Waals surface area contributed by atoms with E-state index in [0.717, 1.165) is 37.9 Å². The number of hydrazine groups is 1. The molecule has 1 spiro atoms. The predicted octanol–water partition coefficient (Wildman–Crippen LogP) is 1.08. The van der Waals surface area contributed by atoms with Gasteiger partial charge in [-0.3, -0.25) is 15.0 Å². The van der Waals surface area contributed by atoms with Gasteiger partial charge in [0.25, 0.3) is 0 Å². The van der Waals surface area contributed by atoms with E-state index in [1.54, 1.807) is 6.20 Å². The van der Waals surface area contributed by atoms with Crippen LogP contribution in [0.25, 0.3) is 0 Å². The van der Waals surface area contributed by atoms with Gasteiger partial charge in [0.05, 0.1) is 23.1 Å². The summed E-state index contributed by atoms with van der Waals surface area (Å²) in [5.41, 5.74) is 14.3. The molecule has 0 aromatic carbocycles. The van der Waals surface area contributed by atoms with Crippen molar-refractivity contribution in [3.8, 4) is 0 Å². The third-order valence-corrected chi connectivity index (χ3v) is 8.82. The van der Waals surface area contributed by atoms with Crippen molar-refractivity contribution in [2.45, 2.75) is 57.1 Å². The molecule has 3 aliphatic heterocycles. The molecule has 3 saturated heterocycles. The molecule has 5 N–H and O–H groups in total. The number of fused-ring (bicyclic) bond motifs is 1. The lowest BCUT2D eigenvalue weighted by Crippen LogP contribution is -2.70. The number of aromatic nitrogens is 1. The number of nitrogens with two attached hydrogens (primary N) is 1. The number of amides is 1. The van der Waals surface area contributed by atoms with Gasteiger partial charge in [0, 0.05) is 46.5 Å². The number of pyridine rings is 1. The maximum absolute atomic E-state index is 13.6. The molecule has 10 heteroatoms. The van der Waals surface area contributed by atoms with Crippen LogP contribution in [0.3, 0.4) is 0 Å². The third kappa shape index (κ3) is 3.83. The minimum absolute atomic E-state index is 0.108.